The quantitative estimate of drug-likeness (QED) is 0.804. The molecule has 6 nitrogen and oxygen atoms in total. The number of furan rings is 1. The van der Waals surface area contributed by atoms with Crippen molar-refractivity contribution in [2.75, 3.05) is 20.1 Å². The zero-order valence-electron chi connectivity index (χ0n) is 15.1. The van der Waals surface area contributed by atoms with Crippen LogP contribution in [0.3, 0.4) is 0 Å². The smallest absolute Gasteiger partial charge is 0.243 e. The molecule has 0 bridgehead atoms. The molecule has 0 N–H and O–H groups in total. The zero-order chi connectivity index (χ0) is 18.7. The Morgan fingerprint density at radius 2 is 1.85 bits per heavy atom. The Labute approximate surface area is 154 Å². The van der Waals surface area contributed by atoms with Crippen molar-refractivity contribution in [1.82, 2.24) is 9.21 Å². The van der Waals surface area contributed by atoms with Gasteiger partial charge in [0.05, 0.1) is 17.7 Å². The predicted octanol–water partition coefficient (Wildman–Crippen LogP) is 2.65. The summed E-state index contributed by atoms with van der Waals surface area (Å²) in [6.45, 7) is 3.07. The van der Waals surface area contributed by atoms with E-state index in [9.17, 15) is 13.2 Å². The second-order valence-electron chi connectivity index (χ2n) is 6.77. The van der Waals surface area contributed by atoms with Gasteiger partial charge in [0.2, 0.25) is 15.9 Å². The van der Waals surface area contributed by atoms with Gasteiger partial charge in [-0.2, -0.15) is 4.31 Å². The van der Waals surface area contributed by atoms with Crippen LogP contribution >= 0.6 is 0 Å². The summed E-state index contributed by atoms with van der Waals surface area (Å²) in [4.78, 5) is 14.6. The summed E-state index contributed by atoms with van der Waals surface area (Å²) in [7, 11) is -1.75. The van der Waals surface area contributed by atoms with Crippen molar-refractivity contribution in [3.63, 3.8) is 0 Å². The summed E-state index contributed by atoms with van der Waals surface area (Å²) in [6, 6.07) is 10.5. The highest BCUT2D eigenvalue weighted by molar-refractivity contribution is 7.89. The van der Waals surface area contributed by atoms with Crippen molar-refractivity contribution in [2.24, 2.45) is 5.92 Å². The van der Waals surface area contributed by atoms with E-state index in [0.717, 1.165) is 11.3 Å². The van der Waals surface area contributed by atoms with Gasteiger partial charge >= 0.3 is 0 Å². The molecule has 26 heavy (non-hydrogen) atoms. The maximum atomic E-state index is 12.7. The Kier molecular flexibility index (Phi) is 5.48. The molecule has 1 saturated heterocycles. The molecule has 0 radical (unpaired) electrons. The van der Waals surface area contributed by atoms with E-state index in [2.05, 4.69) is 0 Å². The van der Waals surface area contributed by atoms with E-state index in [1.165, 1.54) is 4.31 Å². The van der Waals surface area contributed by atoms with Crippen molar-refractivity contribution in [3.8, 4) is 0 Å². The number of benzene rings is 1. The fraction of sp³-hybridized carbons (Fsp3) is 0.421. The number of amides is 1. The number of sulfonamides is 1. The lowest BCUT2D eigenvalue weighted by atomic mass is 9.96. The summed E-state index contributed by atoms with van der Waals surface area (Å²) in [5, 5.41) is 0. The van der Waals surface area contributed by atoms with Crippen LogP contribution in [0.5, 0.6) is 0 Å². The predicted molar refractivity (Wildman–Crippen MR) is 97.8 cm³/mol. The maximum absolute atomic E-state index is 12.7. The summed E-state index contributed by atoms with van der Waals surface area (Å²) in [6.07, 6.45) is 2.65. The van der Waals surface area contributed by atoms with Crippen molar-refractivity contribution >= 4 is 15.9 Å². The van der Waals surface area contributed by atoms with E-state index >= 15 is 0 Å². The van der Waals surface area contributed by atoms with E-state index in [1.54, 1.807) is 48.5 Å². The molecule has 1 amide bonds. The number of nitrogens with zero attached hydrogens (tertiary/aromatic N) is 2. The van der Waals surface area contributed by atoms with Crippen LogP contribution in [0.2, 0.25) is 0 Å². The highest BCUT2D eigenvalue weighted by atomic mass is 32.2. The number of carbonyl (C=O) groups is 1. The lowest BCUT2D eigenvalue weighted by Gasteiger charge is -2.32. The molecule has 7 heteroatoms. The Bertz CT molecular complexity index is 836. The molecule has 0 saturated carbocycles. The Morgan fingerprint density at radius 3 is 2.42 bits per heavy atom. The van der Waals surface area contributed by atoms with Gasteiger partial charge in [0.15, 0.2) is 0 Å². The third kappa shape index (κ3) is 3.99. The zero-order valence-corrected chi connectivity index (χ0v) is 15.9. The third-order valence-corrected chi connectivity index (χ3v) is 6.72. The number of carbonyl (C=O) groups excluding carboxylic acids is 1. The van der Waals surface area contributed by atoms with Gasteiger partial charge in [0, 0.05) is 26.1 Å². The molecule has 0 atom stereocenters. The van der Waals surface area contributed by atoms with Crippen molar-refractivity contribution in [1.29, 1.82) is 0 Å². The van der Waals surface area contributed by atoms with Crippen LogP contribution < -0.4 is 0 Å². The number of hydrogen-bond acceptors (Lipinski definition) is 4. The normalized spacial score (nSPS) is 16.5. The van der Waals surface area contributed by atoms with Gasteiger partial charge in [-0.3, -0.25) is 4.79 Å². The molecule has 1 aliphatic heterocycles. The van der Waals surface area contributed by atoms with E-state index < -0.39 is 10.0 Å². The number of hydrogen-bond donors (Lipinski definition) is 0. The molecule has 140 valence electrons. The Balaban J connectivity index is 1.59. The molecule has 3 rings (SSSR count). The minimum absolute atomic E-state index is 0.0359. The first-order valence-electron chi connectivity index (χ1n) is 8.72. The van der Waals surface area contributed by atoms with Crippen LogP contribution in [-0.2, 0) is 21.4 Å². The first-order valence-corrected chi connectivity index (χ1v) is 10.2. The van der Waals surface area contributed by atoms with E-state index in [1.807, 2.05) is 13.0 Å². The topological polar surface area (TPSA) is 70.8 Å². The number of aryl methyl sites for hydroxylation is 1. The number of rotatable bonds is 5. The van der Waals surface area contributed by atoms with Crippen molar-refractivity contribution in [2.45, 2.75) is 31.2 Å². The SMILES string of the molecule is Cc1ccc(S(=O)(=O)N2CCC(C(=O)N(C)Cc3ccco3)CC2)cc1. The van der Waals surface area contributed by atoms with Crippen LogP contribution in [0, 0.1) is 12.8 Å². The van der Waals surface area contributed by atoms with E-state index in [-0.39, 0.29) is 11.8 Å². The van der Waals surface area contributed by atoms with Crippen LogP contribution in [0.15, 0.2) is 52.0 Å². The van der Waals surface area contributed by atoms with Crippen LogP contribution in [0.25, 0.3) is 0 Å². The lowest BCUT2D eigenvalue weighted by Crippen LogP contribution is -2.43. The molecule has 1 fully saturated rings. The summed E-state index contributed by atoms with van der Waals surface area (Å²) < 4.78 is 32.2. The molecule has 2 aromatic rings. The summed E-state index contributed by atoms with van der Waals surface area (Å²) in [5.41, 5.74) is 1.02. The Hall–Kier alpha value is -2.12. The van der Waals surface area contributed by atoms with Crippen molar-refractivity contribution in [3.05, 3.63) is 54.0 Å². The van der Waals surface area contributed by atoms with Gasteiger partial charge in [0.1, 0.15) is 5.76 Å². The standard InChI is InChI=1S/C19H24N2O4S/c1-15-5-7-18(8-6-15)26(23,24)21-11-9-16(10-12-21)19(22)20(2)14-17-4-3-13-25-17/h3-8,13,16H,9-12,14H2,1-2H3. The second kappa shape index (κ2) is 7.63. The van der Waals surface area contributed by atoms with Gasteiger partial charge in [-0.05, 0) is 44.0 Å². The molecule has 2 heterocycles. The molecular weight excluding hydrogens is 352 g/mol. The third-order valence-electron chi connectivity index (χ3n) is 4.81. The maximum Gasteiger partial charge on any atom is 0.243 e. The van der Waals surface area contributed by atoms with Gasteiger partial charge in [-0.25, -0.2) is 8.42 Å². The lowest BCUT2D eigenvalue weighted by molar-refractivity contribution is -0.136. The van der Waals surface area contributed by atoms with Gasteiger partial charge in [0.25, 0.3) is 0 Å². The van der Waals surface area contributed by atoms with E-state index in [0.29, 0.717) is 37.4 Å². The van der Waals surface area contributed by atoms with Crippen molar-refractivity contribution < 1.29 is 17.6 Å². The second-order valence-corrected chi connectivity index (χ2v) is 8.70. The Morgan fingerprint density at radius 1 is 1.19 bits per heavy atom. The molecule has 1 aliphatic rings. The average Bonchev–Trinajstić information content (AvgIpc) is 3.14. The fourth-order valence-electron chi connectivity index (χ4n) is 3.23. The van der Waals surface area contributed by atoms with Gasteiger partial charge in [-0.15, -0.1) is 0 Å². The first-order chi connectivity index (χ1) is 12.4. The van der Waals surface area contributed by atoms with Crippen LogP contribution in [0.4, 0.5) is 0 Å². The van der Waals surface area contributed by atoms with Crippen LogP contribution in [-0.4, -0.2) is 43.7 Å². The molecule has 0 aliphatic carbocycles. The fourth-order valence-corrected chi connectivity index (χ4v) is 4.70. The largest absolute Gasteiger partial charge is 0.467 e. The monoisotopic (exact) mass is 376 g/mol. The highest BCUT2D eigenvalue weighted by Gasteiger charge is 2.33. The molecule has 1 aromatic heterocycles. The van der Waals surface area contributed by atoms with Gasteiger partial charge < -0.3 is 9.32 Å². The average molecular weight is 376 g/mol. The molecule has 0 spiro atoms. The summed E-state index contributed by atoms with van der Waals surface area (Å²) >= 11 is 0. The summed E-state index contributed by atoms with van der Waals surface area (Å²) in [5.74, 6) is 0.619. The molecule has 0 unspecified atom stereocenters. The minimum Gasteiger partial charge on any atom is -0.467 e. The van der Waals surface area contributed by atoms with E-state index in [4.69, 9.17) is 4.42 Å². The minimum atomic E-state index is -3.50. The number of piperidine rings is 1. The van der Waals surface area contributed by atoms with Gasteiger partial charge in [-0.1, -0.05) is 17.7 Å². The van der Waals surface area contributed by atoms with Crippen LogP contribution in [0.1, 0.15) is 24.2 Å². The molecular formula is C19H24N2O4S. The highest BCUT2D eigenvalue weighted by Crippen LogP contribution is 2.25. The molecule has 1 aromatic carbocycles. The first kappa shape index (κ1) is 18.7.